The Kier molecular flexibility index (Phi) is 5.29. The number of hydrogen-bond acceptors (Lipinski definition) is 4. The fourth-order valence-corrected chi connectivity index (χ4v) is 3.95. The van der Waals surface area contributed by atoms with Gasteiger partial charge in [0.15, 0.2) is 5.82 Å². The van der Waals surface area contributed by atoms with E-state index in [1.807, 2.05) is 24.3 Å². The molecule has 0 aliphatic carbocycles. The van der Waals surface area contributed by atoms with E-state index in [0.29, 0.717) is 12.3 Å². The van der Waals surface area contributed by atoms with Crippen LogP contribution >= 0.6 is 0 Å². The van der Waals surface area contributed by atoms with Gasteiger partial charge in [-0.05, 0) is 56.8 Å². The average Bonchev–Trinajstić information content (AvgIpc) is 3.25. The van der Waals surface area contributed by atoms with Gasteiger partial charge in [0.05, 0.1) is 0 Å². The van der Waals surface area contributed by atoms with Gasteiger partial charge in [0.25, 0.3) is 0 Å². The average molecular weight is 353 g/mol. The molecule has 6 heteroatoms. The summed E-state index contributed by atoms with van der Waals surface area (Å²) in [6.07, 6.45) is 7.32. The number of rotatable bonds is 5. The van der Waals surface area contributed by atoms with Gasteiger partial charge in [-0.1, -0.05) is 18.6 Å². The Bertz CT molecular complexity index is 763. The van der Waals surface area contributed by atoms with Crippen LogP contribution < -0.4 is 10.6 Å². The van der Waals surface area contributed by atoms with E-state index in [1.54, 1.807) is 0 Å². The highest BCUT2D eigenvalue weighted by Gasteiger charge is 2.17. The second-order valence-electron chi connectivity index (χ2n) is 7.43. The summed E-state index contributed by atoms with van der Waals surface area (Å²) in [5.41, 5.74) is 1.85. The van der Waals surface area contributed by atoms with E-state index in [2.05, 4.69) is 25.4 Å². The van der Waals surface area contributed by atoms with E-state index in [1.165, 1.54) is 25.7 Å². The minimum atomic E-state index is 0.0918. The van der Waals surface area contributed by atoms with Crippen LogP contribution in [-0.4, -0.2) is 33.8 Å². The number of nitrogens with one attached hydrogen (secondary N) is 2. The van der Waals surface area contributed by atoms with Crippen LogP contribution in [0.1, 0.15) is 44.3 Å². The first-order valence-corrected chi connectivity index (χ1v) is 9.83. The summed E-state index contributed by atoms with van der Waals surface area (Å²) < 4.78 is 2.24. The number of nitrogens with zero attached hydrogens (tertiary/aromatic N) is 3. The van der Waals surface area contributed by atoms with Crippen molar-refractivity contribution in [1.82, 2.24) is 20.1 Å². The zero-order valence-corrected chi connectivity index (χ0v) is 15.2. The third kappa shape index (κ3) is 3.96. The molecule has 2 aliphatic heterocycles. The van der Waals surface area contributed by atoms with E-state index in [0.717, 1.165) is 55.4 Å². The lowest BCUT2D eigenvalue weighted by molar-refractivity contribution is -0.116. The zero-order valence-electron chi connectivity index (χ0n) is 15.2. The van der Waals surface area contributed by atoms with Gasteiger partial charge in [-0.3, -0.25) is 4.79 Å². The molecule has 0 saturated carbocycles. The van der Waals surface area contributed by atoms with Gasteiger partial charge >= 0.3 is 0 Å². The van der Waals surface area contributed by atoms with Crippen molar-refractivity contribution in [3.05, 3.63) is 30.1 Å². The minimum Gasteiger partial charge on any atom is -0.326 e. The second-order valence-corrected chi connectivity index (χ2v) is 7.43. The predicted octanol–water partition coefficient (Wildman–Crippen LogP) is 3.00. The zero-order chi connectivity index (χ0) is 17.8. The summed E-state index contributed by atoms with van der Waals surface area (Å²) in [4.78, 5) is 12.3. The van der Waals surface area contributed by atoms with Crippen molar-refractivity contribution in [2.45, 2.75) is 51.5 Å². The number of anilines is 1. The lowest BCUT2D eigenvalue weighted by Gasteiger charge is -2.11. The number of carbonyl (C=O) groups excluding carboxylic acids is 1. The molecule has 1 saturated heterocycles. The van der Waals surface area contributed by atoms with Crippen molar-refractivity contribution in [1.29, 1.82) is 0 Å². The molecule has 0 bridgehead atoms. The quantitative estimate of drug-likeness (QED) is 0.867. The van der Waals surface area contributed by atoms with E-state index in [9.17, 15) is 4.79 Å². The molecular weight excluding hydrogens is 326 g/mol. The standard InChI is InChI=1S/C20H27N5O/c26-19(9-8-15-10-11-21-14-15)22-17-6-4-5-16(13-17)20-24-23-18-7-2-1-3-12-25(18)20/h4-6,13,15,21H,1-3,7-12,14H2,(H,22,26). The Morgan fingerprint density at radius 1 is 1.27 bits per heavy atom. The van der Waals surface area contributed by atoms with Gasteiger partial charge < -0.3 is 15.2 Å². The molecule has 6 nitrogen and oxygen atoms in total. The van der Waals surface area contributed by atoms with Crippen LogP contribution in [0.4, 0.5) is 5.69 Å². The highest BCUT2D eigenvalue weighted by Crippen LogP contribution is 2.25. The van der Waals surface area contributed by atoms with Gasteiger partial charge in [-0.25, -0.2) is 0 Å². The Labute approximate surface area is 154 Å². The molecule has 1 aromatic heterocycles. The molecule has 1 unspecified atom stereocenters. The third-order valence-corrected chi connectivity index (χ3v) is 5.46. The largest absolute Gasteiger partial charge is 0.326 e. The molecule has 3 heterocycles. The fraction of sp³-hybridized carbons (Fsp3) is 0.550. The Balaban J connectivity index is 1.43. The Morgan fingerprint density at radius 3 is 3.12 bits per heavy atom. The van der Waals surface area contributed by atoms with Crippen LogP contribution in [0, 0.1) is 5.92 Å². The van der Waals surface area contributed by atoms with Crippen LogP contribution in [0.15, 0.2) is 24.3 Å². The number of carbonyl (C=O) groups is 1. The molecule has 26 heavy (non-hydrogen) atoms. The summed E-state index contributed by atoms with van der Waals surface area (Å²) in [5.74, 6) is 2.72. The molecule has 1 amide bonds. The summed E-state index contributed by atoms with van der Waals surface area (Å²) in [6, 6.07) is 7.97. The SMILES string of the molecule is O=C(CCC1CCNC1)Nc1cccc(-c2nnc3n2CCCCC3)c1. The van der Waals surface area contributed by atoms with Gasteiger partial charge in [-0.2, -0.15) is 0 Å². The normalized spacial score (nSPS) is 19.8. The number of fused-ring (bicyclic) bond motifs is 1. The molecule has 1 atom stereocenters. The lowest BCUT2D eigenvalue weighted by Crippen LogP contribution is -2.15. The highest BCUT2D eigenvalue weighted by atomic mass is 16.1. The van der Waals surface area contributed by atoms with E-state index < -0.39 is 0 Å². The predicted molar refractivity (Wildman–Crippen MR) is 102 cm³/mol. The Morgan fingerprint density at radius 2 is 2.23 bits per heavy atom. The van der Waals surface area contributed by atoms with Crippen LogP contribution in [-0.2, 0) is 17.8 Å². The molecule has 4 rings (SSSR count). The molecule has 1 aromatic carbocycles. The summed E-state index contributed by atoms with van der Waals surface area (Å²) in [5, 5.41) is 15.2. The van der Waals surface area contributed by atoms with Crippen molar-refractivity contribution in [3.63, 3.8) is 0 Å². The number of aryl methyl sites for hydroxylation is 1. The summed E-state index contributed by atoms with van der Waals surface area (Å²) in [7, 11) is 0. The van der Waals surface area contributed by atoms with Crippen molar-refractivity contribution in [2.75, 3.05) is 18.4 Å². The van der Waals surface area contributed by atoms with Crippen LogP contribution in [0.2, 0.25) is 0 Å². The van der Waals surface area contributed by atoms with Crippen LogP contribution in [0.25, 0.3) is 11.4 Å². The molecule has 2 N–H and O–H groups in total. The number of hydrogen-bond donors (Lipinski definition) is 2. The van der Waals surface area contributed by atoms with Gasteiger partial charge in [-0.15, -0.1) is 10.2 Å². The number of amides is 1. The topological polar surface area (TPSA) is 71.8 Å². The maximum Gasteiger partial charge on any atom is 0.224 e. The van der Waals surface area contributed by atoms with Gasteiger partial charge in [0, 0.05) is 30.6 Å². The molecule has 0 radical (unpaired) electrons. The molecular formula is C20H27N5O. The third-order valence-electron chi connectivity index (χ3n) is 5.46. The molecule has 0 spiro atoms. The van der Waals surface area contributed by atoms with Crippen molar-refractivity contribution < 1.29 is 4.79 Å². The summed E-state index contributed by atoms with van der Waals surface area (Å²) >= 11 is 0. The van der Waals surface area contributed by atoms with E-state index >= 15 is 0 Å². The van der Waals surface area contributed by atoms with Crippen LogP contribution in [0.5, 0.6) is 0 Å². The number of benzene rings is 1. The van der Waals surface area contributed by atoms with Crippen molar-refractivity contribution >= 4 is 11.6 Å². The number of aromatic nitrogens is 3. The molecule has 138 valence electrons. The lowest BCUT2D eigenvalue weighted by atomic mass is 10.0. The first-order valence-electron chi connectivity index (χ1n) is 9.83. The van der Waals surface area contributed by atoms with E-state index in [4.69, 9.17) is 0 Å². The molecule has 2 aromatic rings. The van der Waals surface area contributed by atoms with Gasteiger partial charge in [0.1, 0.15) is 5.82 Å². The molecule has 1 fully saturated rings. The van der Waals surface area contributed by atoms with Crippen molar-refractivity contribution in [2.24, 2.45) is 5.92 Å². The maximum atomic E-state index is 12.3. The summed E-state index contributed by atoms with van der Waals surface area (Å²) in [6.45, 7) is 3.10. The molecule has 2 aliphatic rings. The Hall–Kier alpha value is -2.21. The van der Waals surface area contributed by atoms with Crippen molar-refractivity contribution in [3.8, 4) is 11.4 Å². The second kappa shape index (κ2) is 7.99. The smallest absolute Gasteiger partial charge is 0.224 e. The first-order chi connectivity index (χ1) is 12.8. The highest BCUT2D eigenvalue weighted by molar-refractivity contribution is 5.91. The first kappa shape index (κ1) is 17.2. The fourth-order valence-electron chi connectivity index (χ4n) is 3.95. The van der Waals surface area contributed by atoms with E-state index in [-0.39, 0.29) is 5.91 Å². The maximum absolute atomic E-state index is 12.3. The van der Waals surface area contributed by atoms with Gasteiger partial charge in [0.2, 0.25) is 5.91 Å². The minimum absolute atomic E-state index is 0.0918. The monoisotopic (exact) mass is 353 g/mol. The van der Waals surface area contributed by atoms with Crippen LogP contribution in [0.3, 0.4) is 0 Å².